The summed E-state index contributed by atoms with van der Waals surface area (Å²) in [6.45, 7) is 0.601. The summed E-state index contributed by atoms with van der Waals surface area (Å²) in [5.41, 5.74) is 0.421. The molecule has 5 nitrogen and oxygen atoms in total. The van der Waals surface area contributed by atoms with Crippen molar-refractivity contribution in [2.24, 2.45) is 0 Å². The molecule has 0 aliphatic carbocycles. The molecule has 0 saturated heterocycles. The van der Waals surface area contributed by atoms with Crippen LogP contribution < -0.4 is 9.47 Å². The van der Waals surface area contributed by atoms with E-state index in [-0.39, 0.29) is 5.82 Å². The summed E-state index contributed by atoms with van der Waals surface area (Å²) >= 11 is 1.51. The van der Waals surface area contributed by atoms with Crippen molar-refractivity contribution in [2.45, 2.75) is 11.6 Å². The fourth-order valence-corrected chi connectivity index (χ4v) is 2.88. The van der Waals surface area contributed by atoms with Crippen molar-refractivity contribution in [2.75, 3.05) is 19.5 Å². The number of ether oxygens (including phenoxy) is 2. The van der Waals surface area contributed by atoms with E-state index >= 15 is 0 Å². The fourth-order valence-electron chi connectivity index (χ4n) is 2.17. The third kappa shape index (κ3) is 4.73. The number of hydrogen-bond donors (Lipinski definition) is 1. The topological polar surface area (TPSA) is 60.0 Å². The number of methoxy groups -OCH3 is 1. The van der Waals surface area contributed by atoms with Gasteiger partial charge in [-0.3, -0.25) is 5.10 Å². The Balaban J connectivity index is 1.43. The van der Waals surface area contributed by atoms with E-state index in [4.69, 9.17) is 9.47 Å². The van der Waals surface area contributed by atoms with Crippen LogP contribution in [-0.2, 0) is 0 Å². The normalized spacial score (nSPS) is 10.6. The van der Waals surface area contributed by atoms with Crippen molar-refractivity contribution in [1.29, 1.82) is 0 Å². The van der Waals surface area contributed by atoms with Gasteiger partial charge in [-0.2, -0.15) is 0 Å². The predicted octanol–water partition coefficient (Wildman–Crippen LogP) is 4.18. The molecule has 0 aliphatic rings. The molecule has 1 heterocycles. The summed E-state index contributed by atoms with van der Waals surface area (Å²) < 4.78 is 24.5. The lowest BCUT2D eigenvalue weighted by Gasteiger charge is -2.06. The molecule has 0 radical (unpaired) electrons. The van der Waals surface area contributed by atoms with E-state index in [0.717, 1.165) is 23.7 Å². The maximum atomic E-state index is 13.7. The van der Waals surface area contributed by atoms with E-state index in [1.165, 1.54) is 17.8 Å². The van der Waals surface area contributed by atoms with Gasteiger partial charge in [-0.1, -0.05) is 23.9 Å². The van der Waals surface area contributed by atoms with Crippen LogP contribution >= 0.6 is 11.8 Å². The molecule has 1 N–H and O–H groups in total. The summed E-state index contributed by atoms with van der Waals surface area (Å²) in [5, 5.41) is 7.49. The molecule has 7 heteroatoms. The maximum Gasteiger partial charge on any atom is 0.208 e. The first-order valence-corrected chi connectivity index (χ1v) is 8.82. The van der Waals surface area contributed by atoms with Gasteiger partial charge in [0.15, 0.2) is 5.82 Å². The summed E-state index contributed by atoms with van der Waals surface area (Å²) in [4.78, 5) is 4.32. The van der Waals surface area contributed by atoms with Crippen LogP contribution in [0.1, 0.15) is 6.42 Å². The largest absolute Gasteiger partial charge is 0.497 e. The van der Waals surface area contributed by atoms with Gasteiger partial charge in [0.25, 0.3) is 0 Å². The average Bonchev–Trinajstić information content (AvgIpc) is 3.11. The number of nitrogens with one attached hydrogen (secondary N) is 1. The number of hydrogen-bond acceptors (Lipinski definition) is 5. The Kier molecular flexibility index (Phi) is 5.90. The highest BCUT2D eigenvalue weighted by molar-refractivity contribution is 7.99. The van der Waals surface area contributed by atoms with Gasteiger partial charge >= 0.3 is 0 Å². The number of aromatic amines is 1. The Morgan fingerprint density at radius 1 is 1.08 bits per heavy atom. The van der Waals surface area contributed by atoms with Crippen LogP contribution in [0.25, 0.3) is 11.4 Å². The first-order chi connectivity index (χ1) is 12.3. The Hall–Kier alpha value is -2.54. The molecule has 25 heavy (non-hydrogen) atoms. The number of thioether (sulfide) groups is 1. The molecular formula is C18H18FN3O2S. The van der Waals surface area contributed by atoms with E-state index in [1.54, 1.807) is 25.3 Å². The highest BCUT2D eigenvalue weighted by Crippen LogP contribution is 2.22. The minimum Gasteiger partial charge on any atom is -0.497 e. The number of aromatic nitrogens is 3. The summed E-state index contributed by atoms with van der Waals surface area (Å²) in [6, 6.07) is 14.0. The third-order valence-electron chi connectivity index (χ3n) is 3.44. The highest BCUT2D eigenvalue weighted by atomic mass is 32.2. The van der Waals surface area contributed by atoms with Gasteiger partial charge in [-0.15, -0.1) is 5.10 Å². The van der Waals surface area contributed by atoms with Crippen molar-refractivity contribution in [3.8, 4) is 22.9 Å². The Bertz CT molecular complexity index is 808. The van der Waals surface area contributed by atoms with Crippen LogP contribution in [0.5, 0.6) is 11.5 Å². The summed E-state index contributed by atoms with van der Waals surface area (Å²) in [7, 11) is 1.63. The van der Waals surface area contributed by atoms with E-state index < -0.39 is 0 Å². The zero-order valence-corrected chi connectivity index (χ0v) is 14.6. The lowest BCUT2D eigenvalue weighted by atomic mass is 10.2. The number of benzene rings is 2. The zero-order chi connectivity index (χ0) is 17.5. The Labute approximate surface area is 149 Å². The van der Waals surface area contributed by atoms with E-state index in [1.807, 2.05) is 24.3 Å². The van der Waals surface area contributed by atoms with Crippen LogP contribution in [0.15, 0.2) is 53.7 Å². The molecule has 0 saturated carbocycles. The van der Waals surface area contributed by atoms with Crippen molar-refractivity contribution >= 4 is 11.8 Å². The monoisotopic (exact) mass is 359 g/mol. The number of nitrogens with zero attached hydrogens (tertiary/aromatic N) is 2. The molecule has 2 aromatic carbocycles. The van der Waals surface area contributed by atoms with Gasteiger partial charge in [-0.05, 0) is 42.8 Å². The van der Waals surface area contributed by atoms with Crippen molar-refractivity contribution in [3.63, 3.8) is 0 Å². The third-order valence-corrected chi connectivity index (χ3v) is 4.38. The van der Waals surface area contributed by atoms with Crippen LogP contribution in [0.2, 0.25) is 0 Å². The van der Waals surface area contributed by atoms with Crippen LogP contribution in [0.4, 0.5) is 4.39 Å². The highest BCUT2D eigenvalue weighted by Gasteiger charge is 2.09. The second-order valence-electron chi connectivity index (χ2n) is 5.17. The molecule has 1 aromatic heterocycles. The SMILES string of the molecule is COc1ccc(OCCCSc2n[nH]c(-c3ccccc3F)n2)cc1. The molecule has 0 spiro atoms. The Morgan fingerprint density at radius 2 is 1.84 bits per heavy atom. The van der Waals surface area contributed by atoms with Crippen LogP contribution in [-0.4, -0.2) is 34.7 Å². The van der Waals surface area contributed by atoms with Crippen molar-refractivity contribution in [1.82, 2.24) is 15.2 Å². The lowest BCUT2D eigenvalue weighted by molar-refractivity contribution is 0.318. The second-order valence-corrected chi connectivity index (χ2v) is 6.23. The molecule has 0 aliphatic heterocycles. The molecule has 130 valence electrons. The number of H-pyrrole nitrogens is 1. The number of rotatable bonds is 8. The van der Waals surface area contributed by atoms with E-state index in [2.05, 4.69) is 15.2 Å². The van der Waals surface area contributed by atoms with Crippen molar-refractivity contribution in [3.05, 3.63) is 54.3 Å². The number of halogens is 1. The van der Waals surface area contributed by atoms with E-state index in [9.17, 15) is 4.39 Å². The summed E-state index contributed by atoms with van der Waals surface area (Å²) in [5.74, 6) is 2.55. The van der Waals surface area contributed by atoms with Crippen LogP contribution in [0.3, 0.4) is 0 Å². The molecule has 3 rings (SSSR count). The first kappa shape index (κ1) is 17.3. The predicted molar refractivity (Wildman–Crippen MR) is 95.6 cm³/mol. The van der Waals surface area contributed by atoms with Gasteiger partial charge in [0.1, 0.15) is 17.3 Å². The standard InChI is InChI=1S/C18H18FN3O2S/c1-23-13-7-9-14(10-8-13)24-11-4-12-25-18-20-17(21-22-18)15-5-2-3-6-16(15)19/h2-3,5-10H,4,11-12H2,1H3,(H,20,21,22). The van der Waals surface area contributed by atoms with E-state index in [0.29, 0.717) is 23.2 Å². The smallest absolute Gasteiger partial charge is 0.208 e. The minimum absolute atomic E-state index is 0.317. The molecule has 0 amide bonds. The first-order valence-electron chi connectivity index (χ1n) is 7.83. The van der Waals surface area contributed by atoms with Crippen LogP contribution in [0, 0.1) is 5.82 Å². The molecule has 0 fully saturated rings. The molecular weight excluding hydrogens is 341 g/mol. The lowest BCUT2D eigenvalue weighted by Crippen LogP contribution is -1.98. The second kappa shape index (κ2) is 8.53. The maximum absolute atomic E-state index is 13.7. The van der Waals surface area contributed by atoms with Crippen molar-refractivity contribution < 1.29 is 13.9 Å². The average molecular weight is 359 g/mol. The van der Waals surface area contributed by atoms with Gasteiger partial charge in [0.2, 0.25) is 5.16 Å². The summed E-state index contributed by atoms with van der Waals surface area (Å²) in [6.07, 6.45) is 0.847. The quantitative estimate of drug-likeness (QED) is 0.483. The minimum atomic E-state index is -0.317. The zero-order valence-electron chi connectivity index (χ0n) is 13.7. The molecule has 0 atom stereocenters. The fraction of sp³-hybridized carbons (Fsp3) is 0.222. The molecule has 0 unspecified atom stereocenters. The molecule has 0 bridgehead atoms. The Morgan fingerprint density at radius 3 is 2.60 bits per heavy atom. The van der Waals surface area contributed by atoms with Gasteiger partial charge in [0, 0.05) is 5.75 Å². The van der Waals surface area contributed by atoms with Gasteiger partial charge < -0.3 is 9.47 Å². The van der Waals surface area contributed by atoms with Gasteiger partial charge in [-0.25, -0.2) is 9.37 Å². The van der Waals surface area contributed by atoms with Gasteiger partial charge in [0.05, 0.1) is 19.3 Å². The molecule has 3 aromatic rings.